The second-order valence-corrected chi connectivity index (χ2v) is 3.30. The number of amidine groups is 1. The predicted octanol–water partition coefficient (Wildman–Crippen LogP) is 2.50. The first-order chi connectivity index (χ1) is 5.54. The fourth-order valence-corrected chi connectivity index (χ4v) is 0.830. The van der Waals surface area contributed by atoms with Crippen molar-refractivity contribution in [2.45, 2.75) is 46.6 Å². The van der Waals surface area contributed by atoms with Crippen LogP contribution in [0.5, 0.6) is 0 Å². The van der Waals surface area contributed by atoms with E-state index in [2.05, 4.69) is 0 Å². The minimum absolute atomic E-state index is 0.0477. The number of nitrogens with one attached hydrogen (secondary N) is 1. The van der Waals surface area contributed by atoms with Crippen molar-refractivity contribution in [3.8, 4) is 0 Å². The smallest absolute Gasteiger partial charge is 0.123 e. The Balaban J connectivity index is 4.09. The second kappa shape index (κ2) is 5.14. The van der Waals surface area contributed by atoms with Gasteiger partial charge in [0.2, 0.25) is 0 Å². The lowest BCUT2D eigenvalue weighted by atomic mass is 10.1. The zero-order valence-electron chi connectivity index (χ0n) is 8.46. The van der Waals surface area contributed by atoms with Gasteiger partial charge in [-0.05, 0) is 19.8 Å². The van der Waals surface area contributed by atoms with E-state index in [0.717, 1.165) is 17.9 Å². The summed E-state index contributed by atoms with van der Waals surface area (Å²) in [4.78, 5) is 0. The van der Waals surface area contributed by atoms with Gasteiger partial charge in [-0.1, -0.05) is 20.8 Å². The Kier molecular flexibility index (Phi) is 4.90. The van der Waals surface area contributed by atoms with Crippen LogP contribution in [-0.4, -0.2) is 22.1 Å². The summed E-state index contributed by atoms with van der Waals surface area (Å²) >= 11 is 0. The molecule has 3 nitrogen and oxygen atoms in total. The molecule has 2 atom stereocenters. The molecular weight excluding hydrogens is 152 g/mol. The van der Waals surface area contributed by atoms with Crippen LogP contribution < -0.4 is 0 Å². The minimum Gasteiger partial charge on any atom is -0.287 e. The van der Waals surface area contributed by atoms with Gasteiger partial charge in [-0.15, -0.1) is 0 Å². The number of hydrogen-bond acceptors (Lipinski definition) is 2. The van der Waals surface area contributed by atoms with Gasteiger partial charge < -0.3 is 0 Å². The van der Waals surface area contributed by atoms with Crippen LogP contribution in [0.4, 0.5) is 0 Å². The largest absolute Gasteiger partial charge is 0.287 e. The Morgan fingerprint density at radius 1 is 1.33 bits per heavy atom. The number of rotatable bonds is 4. The third-order valence-corrected chi connectivity index (χ3v) is 2.33. The summed E-state index contributed by atoms with van der Waals surface area (Å²) in [6.45, 7) is 7.88. The molecule has 0 saturated carbocycles. The minimum atomic E-state index is 0.0477. The Bertz CT molecular complexity index is 147. The van der Waals surface area contributed by atoms with E-state index in [1.54, 1.807) is 0 Å². The van der Waals surface area contributed by atoms with Crippen molar-refractivity contribution >= 4 is 5.84 Å². The van der Waals surface area contributed by atoms with Gasteiger partial charge in [-0.3, -0.25) is 10.6 Å². The highest BCUT2D eigenvalue weighted by Crippen LogP contribution is 2.09. The van der Waals surface area contributed by atoms with Crippen LogP contribution in [0.25, 0.3) is 0 Å². The maximum Gasteiger partial charge on any atom is 0.123 e. The van der Waals surface area contributed by atoms with Crippen LogP contribution >= 0.6 is 0 Å². The summed E-state index contributed by atoms with van der Waals surface area (Å²) in [5.74, 6) is 0.468. The molecule has 0 aliphatic carbocycles. The number of hydroxylamine groups is 2. The highest BCUT2D eigenvalue weighted by molar-refractivity contribution is 5.80. The van der Waals surface area contributed by atoms with Gasteiger partial charge in [0.05, 0.1) is 6.04 Å². The molecule has 0 aromatic heterocycles. The number of hydrogen-bond donors (Lipinski definition) is 2. The molecule has 12 heavy (non-hydrogen) atoms. The third-order valence-electron chi connectivity index (χ3n) is 2.33. The van der Waals surface area contributed by atoms with Crippen molar-refractivity contribution in [3.05, 3.63) is 0 Å². The average molecular weight is 172 g/mol. The molecule has 2 unspecified atom stereocenters. The molecule has 0 aliphatic heterocycles. The Morgan fingerprint density at radius 3 is 2.17 bits per heavy atom. The van der Waals surface area contributed by atoms with E-state index >= 15 is 0 Å². The van der Waals surface area contributed by atoms with Crippen molar-refractivity contribution in [3.63, 3.8) is 0 Å². The highest BCUT2D eigenvalue weighted by Gasteiger charge is 2.17. The maximum atomic E-state index is 9.50. The van der Waals surface area contributed by atoms with Crippen LogP contribution in [-0.2, 0) is 0 Å². The van der Waals surface area contributed by atoms with E-state index in [1.165, 1.54) is 0 Å². The quantitative estimate of drug-likeness (QED) is 0.389. The molecule has 0 heterocycles. The fraction of sp³-hybridized carbons (Fsp3) is 0.889. The molecule has 0 aromatic carbocycles. The molecule has 0 rings (SSSR count). The molecule has 3 heteroatoms. The number of nitrogens with zero attached hydrogens (tertiary/aromatic N) is 1. The summed E-state index contributed by atoms with van der Waals surface area (Å²) in [5.41, 5.74) is 0. The van der Waals surface area contributed by atoms with Gasteiger partial charge in [0.1, 0.15) is 5.84 Å². The molecule has 0 bridgehead atoms. The van der Waals surface area contributed by atoms with E-state index in [-0.39, 0.29) is 12.0 Å². The molecule has 0 aromatic rings. The van der Waals surface area contributed by atoms with Gasteiger partial charge in [-0.2, -0.15) is 0 Å². The molecule has 0 aliphatic rings. The van der Waals surface area contributed by atoms with E-state index < -0.39 is 0 Å². The second-order valence-electron chi connectivity index (χ2n) is 3.30. The van der Waals surface area contributed by atoms with Crippen molar-refractivity contribution in [1.82, 2.24) is 5.06 Å². The monoisotopic (exact) mass is 172 g/mol. The zero-order valence-corrected chi connectivity index (χ0v) is 8.46. The van der Waals surface area contributed by atoms with E-state index in [1.807, 2.05) is 27.7 Å². The zero-order chi connectivity index (χ0) is 9.72. The van der Waals surface area contributed by atoms with Crippen LogP contribution in [0.15, 0.2) is 0 Å². The van der Waals surface area contributed by atoms with Crippen LogP contribution in [0.2, 0.25) is 0 Å². The van der Waals surface area contributed by atoms with Gasteiger partial charge in [0.15, 0.2) is 0 Å². The van der Waals surface area contributed by atoms with Gasteiger partial charge in [0.25, 0.3) is 0 Å². The Morgan fingerprint density at radius 2 is 1.83 bits per heavy atom. The maximum absolute atomic E-state index is 9.50. The average Bonchev–Trinajstić information content (AvgIpc) is 2.12. The summed E-state index contributed by atoms with van der Waals surface area (Å²) in [7, 11) is 0. The highest BCUT2D eigenvalue weighted by atomic mass is 16.5. The lowest BCUT2D eigenvalue weighted by Gasteiger charge is -2.26. The summed E-state index contributed by atoms with van der Waals surface area (Å²) in [5, 5.41) is 18.2. The van der Waals surface area contributed by atoms with Crippen molar-refractivity contribution in [2.75, 3.05) is 0 Å². The summed E-state index contributed by atoms with van der Waals surface area (Å²) < 4.78 is 0. The van der Waals surface area contributed by atoms with Crippen molar-refractivity contribution in [2.24, 2.45) is 5.92 Å². The molecule has 0 radical (unpaired) electrons. The van der Waals surface area contributed by atoms with E-state index in [0.29, 0.717) is 5.84 Å². The van der Waals surface area contributed by atoms with E-state index in [4.69, 9.17) is 5.41 Å². The fourth-order valence-electron chi connectivity index (χ4n) is 0.830. The first kappa shape index (κ1) is 11.4. The van der Waals surface area contributed by atoms with Gasteiger partial charge >= 0.3 is 0 Å². The molecule has 2 N–H and O–H groups in total. The molecule has 0 saturated heterocycles. The standard InChI is InChI=1S/C9H20N2O/c1-5-7(3)9(10)11(12)8(4)6-2/h7-8,10,12H,5-6H2,1-4H3. The predicted molar refractivity (Wildman–Crippen MR) is 50.6 cm³/mol. The van der Waals surface area contributed by atoms with Crippen molar-refractivity contribution < 1.29 is 5.21 Å². The Labute approximate surface area is 74.9 Å². The van der Waals surface area contributed by atoms with Crippen LogP contribution in [0.3, 0.4) is 0 Å². The third kappa shape index (κ3) is 2.81. The van der Waals surface area contributed by atoms with Crippen LogP contribution in [0.1, 0.15) is 40.5 Å². The Hall–Kier alpha value is -0.570. The molecule has 0 fully saturated rings. The summed E-state index contributed by atoms with van der Waals surface area (Å²) in [6.07, 6.45) is 1.75. The lowest BCUT2D eigenvalue weighted by molar-refractivity contribution is -0.0546. The van der Waals surface area contributed by atoms with E-state index in [9.17, 15) is 5.21 Å². The summed E-state index contributed by atoms with van der Waals surface area (Å²) in [6, 6.07) is 0.0477. The molecule has 0 amide bonds. The van der Waals surface area contributed by atoms with Gasteiger partial charge in [0, 0.05) is 5.92 Å². The first-order valence-corrected chi connectivity index (χ1v) is 4.61. The van der Waals surface area contributed by atoms with Crippen LogP contribution in [0, 0.1) is 11.3 Å². The van der Waals surface area contributed by atoms with Crippen molar-refractivity contribution in [1.29, 1.82) is 5.41 Å². The molecular formula is C9H20N2O. The normalized spacial score (nSPS) is 15.4. The SMILES string of the molecule is CCC(C)C(=N)N(O)C(C)CC. The first-order valence-electron chi connectivity index (χ1n) is 4.61. The molecule has 72 valence electrons. The van der Waals surface area contributed by atoms with Gasteiger partial charge in [-0.25, -0.2) is 5.06 Å². The molecule has 0 spiro atoms. The lowest BCUT2D eigenvalue weighted by Crippen LogP contribution is -2.38. The topological polar surface area (TPSA) is 47.3 Å².